The van der Waals surface area contributed by atoms with E-state index in [4.69, 9.17) is 16.3 Å². The minimum atomic E-state index is -0.539. The van der Waals surface area contributed by atoms with Gasteiger partial charge in [0, 0.05) is 18.4 Å². The van der Waals surface area contributed by atoms with E-state index in [1.807, 2.05) is 0 Å². The molecule has 0 spiro atoms. The van der Waals surface area contributed by atoms with E-state index in [-0.39, 0.29) is 35.1 Å². The molecule has 0 bridgehead atoms. The Bertz CT molecular complexity index is 761. The lowest BCUT2D eigenvalue weighted by atomic mass is 10.1. The van der Waals surface area contributed by atoms with Crippen LogP contribution in [-0.4, -0.2) is 23.7 Å². The van der Waals surface area contributed by atoms with Gasteiger partial charge in [-0.15, -0.1) is 0 Å². The van der Waals surface area contributed by atoms with Gasteiger partial charge in [0.1, 0.15) is 28.7 Å². The topological polar surface area (TPSA) is 56.3 Å². The second kappa shape index (κ2) is 7.33. The monoisotopic (exact) mass is 335 g/mol. The van der Waals surface area contributed by atoms with Crippen molar-refractivity contribution in [3.63, 3.8) is 0 Å². The van der Waals surface area contributed by atoms with Crippen LogP contribution in [0.4, 0.5) is 4.39 Å². The first-order valence-electron chi connectivity index (χ1n) is 6.95. The van der Waals surface area contributed by atoms with Gasteiger partial charge < -0.3 is 9.53 Å². The van der Waals surface area contributed by atoms with Crippen LogP contribution >= 0.6 is 11.6 Å². The highest BCUT2D eigenvalue weighted by Gasteiger charge is 2.15. The molecule has 0 aliphatic carbocycles. The van der Waals surface area contributed by atoms with E-state index in [2.05, 4.69) is 4.98 Å². The highest BCUT2D eigenvalue weighted by Crippen LogP contribution is 2.31. The summed E-state index contributed by atoms with van der Waals surface area (Å²) in [6, 6.07) is 7.31. The molecule has 23 heavy (non-hydrogen) atoms. The number of nitrogens with zero attached hydrogens (tertiary/aromatic N) is 1. The predicted molar refractivity (Wildman–Crippen MR) is 85.4 cm³/mol. The van der Waals surface area contributed by atoms with Gasteiger partial charge in [0.25, 0.3) is 0 Å². The van der Waals surface area contributed by atoms with Crippen LogP contribution in [0.1, 0.15) is 30.3 Å². The molecule has 0 unspecified atom stereocenters. The zero-order valence-electron chi connectivity index (χ0n) is 12.7. The maximum absolute atomic E-state index is 13.3. The second-order valence-electron chi connectivity index (χ2n) is 5.00. The highest BCUT2D eigenvalue weighted by molar-refractivity contribution is 6.31. The molecule has 0 aliphatic heterocycles. The van der Waals surface area contributed by atoms with Crippen molar-refractivity contribution in [2.24, 2.45) is 0 Å². The zero-order chi connectivity index (χ0) is 17.0. The van der Waals surface area contributed by atoms with Crippen LogP contribution in [0.2, 0.25) is 5.02 Å². The SMILES string of the molecule is COc1ccc(C(=O)CCC(C)=O)nc1-c1ccc(F)c(Cl)c1. The number of hydrogen-bond acceptors (Lipinski definition) is 4. The first-order chi connectivity index (χ1) is 10.9. The van der Waals surface area contributed by atoms with Gasteiger partial charge in [-0.2, -0.15) is 0 Å². The van der Waals surface area contributed by atoms with Crippen LogP contribution in [0.25, 0.3) is 11.3 Å². The van der Waals surface area contributed by atoms with Gasteiger partial charge in [0.2, 0.25) is 0 Å². The van der Waals surface area contributed by atoms with Crippen molar-refractivity contribution in [3.8, 4) is 17.0 Å². The van der Waals surface area contributed by atoms with Crippen molar-refractivity contribution in [1.82, 2.24) is 4.98 Å². The molecule has 2 aromatic rings. The molecule has 0 N–H and O–H groups in total. The number of benzene rings is 1. The van der Waals surface area contributed by atoms with Gasteiger partial charge >= 0.3 is 0 Å². The minimum absolute atomic E-state index is 0.0420. The van der Waals surface area contributed by atoms with Gasteiger partial charge in [-0.05, 0) is 37.3 Å². The predicted octanol–water partition coefficient (Wildman–Crippen LogP) is 4.10. The lowest BCUT2D eigenvalue weighted by molar-refractivity contribution is -0.116. The fourth-order valence-electron chi connectivity index (χ4n) is 2.03. The Morgan fingerprint density at radius 3 is 2.57 bits per heavy atom. The normalized spacial score (nSPS) is 10.4. The maximum Gasteiger partial charge on any atom is 0.181 e. The highest BCUT2D eigenvalue weighted by atomic mass is 35.5. The Kier molecular flexibility index (Phi) is 5.45. The molecule has 6 heteroatoms. The Morgan fingerprint density at radius 2 is 1.96 bits per heavy atom. The van der Waals surface area contributed by atoms with Gasteiger partial charge in [-0.25, -0.2) is 9.37 Å². The maximum atomic E-state index is 13.3. The van der Waals surface area contributed by atoms with E-state index in [0.717, 1.165) is 0 Å². The van der Waals surface area contributed by atoms with Gasteiger partial charge in [-0.1, -0.05) is 11.6 Å². The first-order valence-corrected chi connectivity index (χ1v) is 7.33. The van der Waals surface area contributed by atoms with Gasteiger partial charge in [-0.3, -0.25) is 4.79 Å². The molecule has 4 nitrogen and oxygen atoms in total. The lowest BCUT2D eigenvalue weighted by Crippen LogP contribution is -2.06. The van der Waals surface area contributed by atoms with Crippen molar-refractivity contribution in [2.75, 3.05) is 7.11 Å². The molecule has 0 fully saturated rings. The van der Waals surface area contributed by atoms with Crippen molar-refractivity contribution in [2.45, 2.75) is 19.8 Å². The number of hydrogen-bond donors (Lipinski definition) is 0. The minimum Gasteiger partial charge on any atom is -0.494 e. The van der Waals surface area contributed by atoms with Crippen LogP contribution in [0, 0.1) is 5.82 Å². The standard InChI is InChI=1S/C17H15ClFNO3/c1-10(21)3-7-15(22)14-6-8-16(23-2)17(20-14)11-4-5-13(19)12(18)9-11/h4-6,8-9H,3,7H2,1-2H3. The van der Waals surface area contributed by atoms with Crippen molar-refractivity contribution in [1.29, 1.82) is 0 Å². The Hall–Kier alpha value is -2.27. The third-order valence-electron chi connectivity index (χ3n) is 3.26. The average molecular weight is 336 g/mol. The van der Waals surface area contributed by atoms with Crippen LogP contribution in [0.5, 0.6) is 5.75 Å². The number of carbonyl (C=O) groups is 2. The number of rotatable bonds is 6. The molecule has 1 heterocycles. The van der Waals surface area contributed by atoms with E-state index in [9.17, 15) is 14.0 Å². The van der Waals surface area contributed by atoms with Crippen LogP contribution in [-0.2, 0) is 4.79 Å². The molecule has 0 amide bonds. The van der Waals surface area contributed by atoms with Gasteiger partial charge in [0.15, 0.2) is 5.78 Å². The van der Waals surface area contributed by atoms with E-state index in [1.54, 1.807) is 6.07 Å². The largest absolute Gasteiger partial charge is 0.494 e. The Morgan fingerprint density at radius 1 is 1.22 bits per heavy atom. The second-order valence-corrected chi connectivity index (χ2v) is 5.41. The van der Waals surface area contributed by atoms with Crippen molar-refractivity contribution < 1.29 is 18.7 Å². The summed E-state index contributed by atoms with van der Waals surface area (Å²) in [7, 11) is 1.48. The Balaban J connectivity index is 2.41. The number of Topliss-reactive ketones (excluding diaryl/α,β-unsaturated/α-hetero) is 2. The summed E-state index contributed by atoms with van der Waals surface area (Å²) in [5, 5.41) is -0.0420. The lowest BCUT2D eigenvalue weighted by Gasteiger charge is -2.10. The fourth-order valence-corrected chi connectivity index (χ4v) is 2.21. The first kappa shape index (κ1) is 17.1. The molecule has 0 saturated heterocycles. The molecule has 0 radical (unpaired) electrons. The summed E-state index contributed by atoms with van der Waals surface area (Å²) in [5.74, 6) is -0.395. The van der Waals surface area contributed by atoms with Crippen LogP contribution in [0.3, 0.4) is 0 Å². The summed E-state index contributed by atoms with van der Waals surface area (Å²) in [6.07, 6.45) is 0.266. The van der Waals surface area contributed by atoms with Crippen molar-refractivity contribution in [3.05, 3.63) is 46.9 Å². The quantitative estimate of drug-likeness (QED) is 0.746. The summed E-state index contributed by atoms with van der Waals surface area (Å²) in [6.45, 7) is 1.43. The third kappa shape index (κ3) is 4.13. The molecule has 2 rings (SSSR count). The third-order valence-corrected chi connectivity index (χ3v) is 3.55. The number of methoxy groups -OCH3 is 1. The summed E-state index contributed by atoms with van der Waals surface area (Å²) in [4.78, 5) is 27.4. The van der Waals surface area contributed by atoms with E-state index in [1.165, 1.54) is 38.3 Å². The van der Waals surface area contributed by atoms with Gasteiger partial charge in [0.05, 0.1) is 12.1 Å². The molecule has 0 atom stereocenters. The van der Waals surface area contributed by atoms with Crippen molar-refractivity contribution >= 4 is 23.2 Å². The van der Waals surface area contributed by atoms with E-state index in [0.29, 0.717) is 17.0 Å². The van der Waals surface area contributed by atoms with Crippen LogP contribution in [0.15, 0.2) is 30.3 Å². The van der Waals surface area contributed by atoms with E-state index >= 15 is 0 Å². The number of pyridine rings is 1. The molecule has 1 aromatic heterocycles. The smallest absolute Gasteiger partial charge is 0.181 e. The Labute approximate surface area is 138 Å². The van der Waals surface area contributed by atoms with E-state index < -0.39 is 5.82 Å². The fraction of sp³-hybridized carbons (Fsp3) is 0.235. The molecular weight excluding hydrogens is 321 g/mol. The number of ketones is 2. The number of halogens is 2. The molecule has 1 aromatic carbocycles. The average Bonchev–Trinajstić information content (AvgIpc) is 2.54. The summed E-state index contributed by atoms with van der Waals surface area (Å²) >= 11 is 5.80. The number of carbonyl (C=O) groups excluding carboxylic acids is 2. The number of aromatic nitrogens is 1. The molecule has 0 aliphatic rings. The number of ether oxygens (including phenoxy) is 1. The summed E-state index contributed by atoms with van der Waals surface area (Å²) in [5.41, 5.74) is 1.15. The van der Waals surface area contributed by atoms with Crippen LogP contribution < -0.4 is 4.74 Å². The molecule has 0 saturated carbocycles. The summed E-state index contributed by atoms with van der Waals surface area (Å²) < 4.78 is 18.5. The zero-order valence-corrected chi connectivity index (χ0v) is 13.5. The molecule has 120 valence electrons. The molecular formula is C17H15ClFNO3.